The lowest BCUT2D eigenvalue weighted by Crippen LogP contribution is -1.70. The monoisotopic (exact) mass is 170 g/mol. The van der Waals surface area contributed by atoms with Crippen LogP contribution in [0.4, 0.5) is 0 Å². The summed E-state index contributed by atoms with van der Waals surface area (Å²) >= 11 is 5.38. The summed E-state index contributed by atoms with van der Waals surface area (Å²) in [7, 11) is 0. The number of halogens is 1. The average Bonchev–Trinajstić information content (AvgIpc) is 2.03. The molecule has 0 aromatic carbocycles. The van der Waals surface area contributed by atoms with Crippen LogP contribution >= 0.6 is 11.6 Å². The van der Waals surface area contributed by atoms with E-state index in [0.717, 1.165) is 25.7 Å². The molecule has 0 fully saturated rings. The van der Waals surface area contributed by atoms with Crippen molar-refractivity contribution >= 4 is 11.6 Å². The van der Waals surface area contributed by atoms with Crippen LogP contribution in [-0.2, 0) is 0 Å². The SMILES string of the molecule is CC/C=C/CCCC#CCCl. The second-order valence-corrected chi connectivity index (χ2v) is 2.53. The third kappa shape index (κ3) is 9.59. The first-order valence-corrected chi connectivity index (χ1v) is 4.62. The van der Waals surface area contributed by atoms with Gasteiger partial charge in [0.15, 0.2) is 0 Å². The summed E-state index contributed by atoms with van der Waals surface area (Å²) in [5, 5.41) is 0. The van der Waals surface area contributed by atoms with Crippen molar-refractivity contribution in [3.63, 3.8) is 0 Å². The molecule has 0 bridgehead atoms. The van der Waals surface area contributed by atoms with Gasteiger partial charge in [-0.3, -0.25) is 0 Å². The fourth-order valence-corrected chi connectivity index (χ4v) is 0.823. The van der Waals surface area contributed by atoms with Gasteiger partial charge in [0.25, 0.3) is 0 Å². The average molecular weight is 171 g/mol. The van der Waals surface area contributed by atoms with Crippen LogP contribution in [-0.4, -0.2) is 5.88 Å². The Morgan fingerprint density at radius 2 is 2.09 bits per heavy atom. The Balaban J connectivity index is 3.08. The summed E-state index contributed by atoms with van der Waals surface area (Å²) in [6.07, 6.45) is 8.80. The highest BCUT2D eigenvalue weighted by atomic mass is 35.5. The summed E-state index contributed by atoms with van der Waals surface area (Å²) in [6, 6.07) is 0. The van der Waals surface area contributed by atoms with Crippen LogP contribution in [0.5, 0.6) is 0 Å². The summed E-state index contributed by atoms with van der Waals surface area (Å²) in [4.78, 5) is 0. The highest BCUT2D eigenvalue weighted by Crippen LogP contribution is 1.95. The van der Waals surface area contributed by atoms with Gasteiger partial charge in [0, 0.05) is 6.42 Å². The van der Waals surface area contributed by atoms with Crippen LogP contribution in [0.25, 0.3) is 0 Å². The van der Waals surface area contributed by atoms with Gasteiger partial charge in [-0.1, -0.05) is 25.0 Å². The van der Waals surface area contributed by atoms with Crippen molar-refractivity contribution in [1.82, 2.24) is 0 Å². The molecule has 62 valence electrons. The Hall–Kier alpha value is -0.410. The fourth-order valence-electron chi connectivity index (χ4n) is 0.728. The smallest absolute Gasteiger partial charge is 0.0835 e. The molecule has 0 aromatic heterocycles. The van der Waals surface area contributed by atoms with E-state index in [9.17, 15) is 0 Å². The molecule has 0 aliphatic rings. The molecule has 0 spiro atoms. The van der Waals surface area contributed by atoms with Crippen molar-refractivity contribution < 1.29 is 0 Å². The largest absolute Gasteiger partial charge is 0.113 e. The molecular formula is C10H15Cl. The number of unbranched alkanes of at least 4 members (excludes halogenated alkanes) is 2. The Kier molecular flexibility index (Phi) is 9.23. The topological polar surface area (TPSA) is 0 Å². The molecule has 0 heterocycles. The third-order valence-corrected chi connectivity index (χ3v) is 1.40. The first kappa shape index (κ1) is 10.6. The zero-order valence-electron chi connectivity index (χ0n) is 7.07. The predicted octanol–water partition coefficient (Wildman–Crippen LogP) is 3.37. The Morgan fingerprint density at radius 1 is 1.27 bits per heavy atom. The minimum absolute atomic E-state index is 0.463. The van der Waals surface area contributed by atoms with Gasteiger partial charge in [0.05, 0.1) is 5.88 Å². The van der Waals surface area contributed by atoms with Crippen molar-refractivity contribution in [2.75, 3.05) is 5.88 Å². The molecule has 0 aromatic rings. The molecule has 0 atom stereocenters. The van der Waals surface area contributed by atoms with Gasteiger partial charge in [-0.05, 0) is 19.3 Å². The lowest BCUT2D eigenvalue weighted by molar-refractivity contribution is 0.881. The lowest BCUT2D eigenvalue weighted by atomic mass is 10.2. The van der Waals surface area contributed by atoms with E-state index < -0.39 is 0 Å². The number of allylic oxidation sites excluding steroid dienone is 2. The van der Waals surface area contributed by atoms with Crippen molar-refractivity contribution in [3.8, 4) is 11.8 Å². The van der Waals surface area contributed by atoms with Crippen LogP contribution in [0, 0.1) is 11.8 Å². The van der Waals surface area contributed by atoms with Crippen LogP contribution in [0.15, 0.2) is 12.2 Å². The van der Waals surface area contributed by atoms with Crippen LogP contribution in [0.2, 0.25) is 0 Å². The molecule has 0 nitrogen and oxygen atoms in total. The molecule has 0 saturated carbocycles. The maximum absolute atomic E-state index is 5.38. The molecule has 0 radical (unpaired) electrons. The number of alkyl halides is 1. The molecule has 1 heteroatoms. The maximum Gasteiger partial charge on any atom is 0.0835 e. The quantitative estimate of drug-likeness (QED) is 0.263. The summed E-state index contributed by atoms with van der Waals surface area (Å²) in [5.74, 6) is 6.29. The first-order valence-electron chi connectivity index (χ1n) is 4.08. The highest BCUT2D eigenvalue weighted by Gasteiger charge is 1.78. The molecule has 11 heavy (non-hydrogen) atoms. The normalized spacial score (nSPS) is 9.64. The minimum atomic E-state index is 0.463. The Labute approximate surface area is 74.6 Å². The van der Waals surface area contributed by atoms with E-state index in [0.29, 0.717) is 5.88 Å². The van der Waals surface area contributed by atoms with Crippen LogP contribution in [0.3, 0.4) is 0 Å². The molecule has 0 amide bonds. The summed E-state index contributed by atoms with van der Waals surface area (Å²) < 4.78 is 0. The molecule has 0 N–H and O–H groups in total. The van der Waals surface area contributed by atoms with E-state index in [4.69, 9.17) is 11.6 Å². The second-order valence-electron chi connectivity index (χ2n) is 2.26. The highest BCUT2D eigenvalue weighted by molar-refractivity contribution is 6.19. The van der Waals surface area contributed by atoms with Crippen LogP contribution in [0.1, 0.15) is 32.6 Å². The lowest BCUT2D eigenvalue weighted by Gasteiger charge is -1.86. The molecule has 0 rings (SSSR count). The maximum atomic E-state index is 5.38. The van der Waals surface area contributed by atoms with Crippen molar-refractivity contribution in [2.24, 2.45) is 0 Å². The van der Waals surface area contributed by atoms with E-state index >= 15 is 0 Å². The van der Waals surface area contributed by atoms with Gasteiger partial charge in [-0.25, -0.2) is 0 Å². The van der Waals surface area contributed by atoms with E-state index in [-0.39, 0.29) is 0 Å². The number of hydrogen-bond acceptors (Lipinski definition) is 0. The van der Waals surface area contributed by atoms with E-state index in [1.807, 2.05) is 0 Å². The van der Waals surface area contributed by atoms with Gasteiger partial charge in [-0.2, -0.15) is 0 Å². The van der Waals surface area contributed by atoms with E-state index in [1.54, 1.807) is 0 Å². The van der Waals surface area contributed by atoms with E-state index in [1.165, 1.54) is 0 Å². The third-order valence-electron chi connectivity index (χ3n) is 1.27. The first-order chi connectivity index (χ1) is 5.41. The predicted molar refractivity (Wildman–Crippen MR) is 51.8 cm³/mol. The second kappa shape index (κ2) is 9.59. The van der Waals surface area contributed by atoms with Crippen molar-refractivity contribution in [3.05, 3.63) is 12.2 Å². The Bertz CT molecular complexity index is 148. The van der Waals surface area contributed by atoms with Gasteiger partial charge in [0.2, 0.25) is 0 Å². The van der Waals surface area contributed by atoms with E-state index in [2.05, 4.69) is 30.9 Å². The molecular weight excluding hydrogens is 156 g/mol. The standard InChI is InChI=1S/C10H15Cl/c1-2-3-4-5-6-7-8-9-10-11/h3-4H,2,5-7,10H2,1H3/b4-3+. The summed E-state index contributed by atoms with van der Waals surface area (Å²) in [5.41, 5.74) is 0. The van der Waals surface area contributed by atoms with Crippen LogP contribution < -0.4 is 0 Å². The number of hydrogen-bond donors (Lipinski definition) is 0. The van der Waals surface area contributed by atoms with Gasteiger partial charge in [0.1, 0.15) is 0 Å². The van der Waals surface area contributed by atoms with Gasteiger partial charge < -0.3 is 0 Å². The molecule has 0 saturated heterocycles. The molecule has 0 aliphatic heterocycles. The van der Waals surface area contributed by atoms with Gasteiger partial charge >= 0.3 is 0 Å². The molecule has 0 aliphatic carbocycles. The van der Waals surface area contributed by atoms with Crippen molar-refractivity contribution in [1.29, 1.82) is 0 Å². The van der Waals surface area contributed by atoms with Crippen molar-refractivity contribution in [2.45, 2.75) is 32.6 Å². The summed E-state index contributed by atoms with van der Waals surface area (Å²) in [6.45, 7) is 2.14. The number of rotatable bonds is 4. The fraction of sp³-hybridized carbons (Fsp3) is 0.600. The molecule has 0 unspecified atom stereocenters. The zero-order valence-corrected chi connectivity index (χ0v) is 7.82. The van der Waals surface area contributed by atoms with Gasteiger partial charge in [-0.15, -0.1) is 17.5 Å². The Morgan fingerprint density at radius 3 is 2.73 bits per heavy atom. The minimum Gasteiger partial charge on any atom is -0.113 e. The zero-order chi connectivity index (χ0) is 8.36.